The van der Waals surface area contributed by atoms with Crippen LogP contribution in [0.15, 0.2) is 136 Å². The molecule has 0 heterocycles. The van der Waals surface area contributed by atoms with Gasteiger partial charge in [0, 0.05) is 15.5 Å². The minimum atomic E-state index is -4.00. The first kappa shape index (κ1) is 20.4. The molecule has 4 aromatic rings. The predicted octanol–water partition coefficient (Wildman–Crippen LogP) is 6.43. The normalized spacial score (nSPS) is 12.4. The van der Waals surface area contributed by atoms with Crippen LogP contribution in [0.2, 0.25) is 0 Å². The van der Waals surface area contributed by atoms with Crippen molar-refractivity contribution in [3.63, 3.8) is 0 Å². The third-order valence-electron chi connectivity index (χ3n) is 4.70. The monoisotopic (exact) mass is 434 g/mol. The maximum absolute atomic E-state index is 13.4. The van der Waals surface area contributed by atoms with E-state index < -0.39 is 20.4 Å². The molecule has 0 saturated heterocycles. The molecule has 0 spiro atoms. The highest BCUT2D eigenvalue weighted by Crippen LogP contribution is 2.66. The van der Waals surface area contributed by atoms with Crippen LogP contribution >= 0.6 is 10.3 Å². The Morgan fingerprint density at radius 1 is 0.500 bits per heavy atom. The summed E-state index contributed by atoms with van der Waals surface area (Å²) in [5.41, 5.74) is 1.02. The smallest absolute Gasteiger partial charge is 0.207 e. The summed E-state index contributed by atoms with van der Waals surface area (Å²) in [4.78, 5) is 1.88. The lowest BCUT2D eigenvalue weighted by molar-refractivity contribution is 0.508. The lowest BCUT2D eigenvalue weighted by atomic mass is 10.2. The molecule has 0 aliphatic carbocycles. The number of hydrogen-bond acceptors (Lipinski definition) is 3. The van der Waals surface area contributed by atoms with E-state index in [4.69, 9.17) is 3.63 Å². The van der Waals surface area contributed by atoms with Gasteiger partial charge in [0.2, 0.25) is 0 Å². The van der Waals surface area contributed by atoms with Gasteiger partial charge < -0.3 is 0 Å². The Morgan fingerprint density at radius 3 is 1.30 bits per heavy atom. The zero-order valence-corrected chi connectivity index (χ0v) is 17.9. The molecule has 152 valence electrons. The summed E-state index contributed by atoms with van der Waals surface area (Å²) in [6.07, 6.45) is 0. The van der Waals surface area contributed by atoms with Gasteiger partial charge in [-0.2, -0.15) is 8.42 Å². The van der Waals surface area contributed by atoms with Gasteiger partial charge in [-0.15, -0.1) is 0 Å². The minimum Gasteiger partial charge on any atom is -0.207 e. The topological polar surface area (TPSA) is 43.4 Å². The standard InChI is InChI=1S/C25H22O3S2/c26-30(27,25-19-11-4-12-20-25)28-29(23-15-7-2-8-16-23,24-17-9-3-10-18-24)21-22-13-5-1-6-14-22/h1-20H,21H2. The average molecular weight is 435 g/mol. The summed E-state index contributed by atoms with van der Waals surface area (Å²) in [5, 5.41) is 0. The second-order valence-corrected chi connectivity index (χ2v) is 11.3. The predicted molar refractivity (Wildman–Crippen MR) is 122 cm³/mol. The molecule has 0 unspecified atom stereocenters. The second-order valence-electron chi connectivity index (χ2n) is 6.77. The van der Waals surface area contributed by atoms with E-state index in [0.29, 0.717) is 5.75 Å². The highest BCUT2D eigenvalue weighted by atomic mass is 32.3. The van der Waals surface area contributed by atoms with Gasteiger partial charge in [0.05, 0.1) is 4.90 Å². The Hall–Kier alpha value is -2.86. The third-order valence-corrected chi connectivity index (χ3v) is 10.0. The van der Waals surface area contributed by atoms with Crippen LogP contribution in [0.3, 0.4) is 0 Å². The Bertz CT molecular complexity index is 1140. The van der Waals surface area contributed by atoms with Crippen molar-refractivity contribution in [1.82, 2.24) is 0 Å². The quantitative estimate of drug-likeness (QED) is 0.337. The molecule has 0 amide bonds. The van der Waals surface area contributed by atoms with Gasteiger partial charge in [0.25, 0.3) is 0 Å². The van der Waals surface area contributed by atoms with Crippen LogP contribution in [0, 0.1) is 0 Å². The molecule has 5 heteroatoms. The van der Waals surface area contributed by atoms with Crippen molar-refractivity contribution in [3.8, 4) is 0 Å². The SMILES string of the molecule is O=S(=O)(OS(Cc1ccccc1)(c1ccccc1)c1ccccc1)c1ccccc1. The Labute approximate surface area is 179 Å². The van der Waals surface area contributed by atoms with Crippen molar-refractivity contribution in [1.29, 1.82) is 0 Å². The molecule has 30 heavy (non-hydrogen) atoms. The van der Waals surface area contributed by atoms with E-state index >= 15 is 0 Å². The highest BCUT2D eigenvalue weighted by Gasteiger charge is 2.36. The first-order valence-corrected chi connectivity index (χ1v) is 12.7. The minimum absolute atomic E-state index is 0.154. The lowest BCUT2D eigenvalue weighted by Crippen LogP contribution is -2.15. The maximum Gasteiger partial charge on any atom is 0.306 e. The van der Waals surface area contributed by atoms with Crippen molar-refractivity contribution < 1.29 is 12.0 Å². The van der Waals surface area contributed by atoms with Crippen molar-refractivity contribution in [2.24, 2.45) is 0 Å². The molecule has 0 N–H and O–H groups in total. The fourth-order valence-electron chi connectivity index (χ4n) is 3.27. The Kier molecular flexibility index (Phi) is 6.04. The van der Waals surface area contributed by atoms with E-state index in [1.165, 1.54) is 0 Å². The van der Waals surface area contributed by atoms with Crippen molar-refractivity contribution in [2.75, 3.05) is 0 Å². The van der Waals surface area contributed by atoms with Crippen LogP contribution in [0.4, 0.5) is 0 Å². The summed E-state index contributed by atoms with van der Waals surface area (Å²) in [6.45, 7) is 0. The van der Waals surface area contributed by atoms with Crippen LogP contribution in [0.5, 0.6) is 0 Å². The van der Waals surface area contributed by atoms with E-state index in [9.17, 15) is 8.42 Å². The van der Waals surface area contributed by atoms with Gasteiger partial charge in [-0.25, -0.2) is 3.63 Å². The number of hydrogen-bond donors (Lipinski definition) is 0. The third kappa shape index (κ3) is 4.33. The van der Waals surface area contributed by atoms with Crippen molar-refractivity contribution >= 4 is 20.4 Å². The highest BCUT2D eigenvalue weighted by molar-refractivity contribution is 8.32. The fourth-order valence-corrected chi connectivity index (χ4v) is 8.58. The average Bonchev–Trinajstić information content (AvgIpc) is 2.81. The van der Waals surface area contributed by atoms with E-state index in [-0.39, 0.29) is 4.90 Å². The van der Waals surface area contributed by atoms with E-state index in [2.05, 4.69) is 0 Å². The molecule has 0 fully saturated rings. The largest absolute Gasteiger partial charge is 0.306 e. The first-order chi connectivity index (χ1) is 14.6. The molecule has 4 aromatic carbocycles. The fraction of sp³-hybridized carbons (Fsp3) is 0.0400. The molecule has 0 radical (unpaired) electrons. The first-order valence-electron chi connectivity index (χ1n) is 9.56. The van der Waals surface area contributed by atoms with Crippen molar-refractivity contribution in [2.45, 2.75) is 20.4 Å². The summed E-state index contributed by atoms with van der Waals surface area (Å²) >= 11 is 0. The summed E-state index contributed by atoms with van der Waals surface area (Å²) in [5.74, 6) is 0.452. The lowest BCUT2D eigenvalue weighted by Gasteiger charge is -2.39. The van der Waals surface area contributed by atoms with Gasteiger partial charge in [-0.05, 0) is 42.0 Å². The molecule has 4 rings (SSSR count). The summed E-state index contributed by atoms with van der Waals surface area (Å²) in [6, 6.07) is 37.5. The van der Waals surface area contributed by atoms with Crippen LogP contribution in [-0.2, 0) is 19.5 Å². The van der Waals surface area contributed by atoms with Crippen LogP contribution < -0.4 is 0 Å². The molecule has 0 aliphatic rings. The Morgan fingerprint density at radius 2 is 0.867 bits per heavy atom. The molecule has 0 atom stereocenters. The van der Waals surface area contributed by atoms with E-state index in [1.807, 2.05) is 91.0 Å². The Balaban J connectivity index is 1.93. The maximum atomic E-state index is 13.4. The summed E-state index contributed by atoms with van der Waals surface area (Å²) < 4.78 is 33.0. The van der Waals surface area contributed by atoms with Gasteiger partial charge >= 0.3 is 10.1 Å². The number of benzene rings is 4. The molecular formula is C25H22O3S2. The van der Waals surface area contributed by atoms with Gasteiger partial charge in [0.1, 0.15) is 0 Å². The van der Waals surface area contributed by atoms with Gasteiger partial charge in [-0.1, -0.05) is 95.2 Å². The molecular weight excluding hydrogens is 412 g/mol. The van der Waals surface area contributed by atoms with Gasteiger partial charge in [-0.3, -0.25) is 0 Å². The van der Waals surface area contributed by atoms with E-state index in [1.54, 1.807) is 30.3 Å². The molecule has 0 aromatic heterocycles. The van der Waals surface area contributed by atoms with Crippen LogP contribution in [-0.4, -0.2) is 8.42 Å². The van der Waals surface area contributed by atoms with Crippen molar-refractivity contribution in [3.05, 3.63) is 127 Å². The zero-order valence-electron chi connectivity index (χ0n) is 16.3. The molecule has 0 saturated carbocycles. The molecule has 3 nitrogen and oxygen atoms in total. The number of rotatable bonds is 7. The second kappa shape index (κ2) is 8.88. The van der Waals surface area contributed by atoms with Crippen LogP contribution in [0.25, 0.3) is 0 Å². The zero-order chi connectivity index (χ0) is 20.9. The van der Waals surface area contributed by atoms with E-state index in [0.717, 1.165) is 15.4 Å². The van der Waals surface area contributed by atoms with Gasteiger partial charge in [0.15, 0.2) is 0 Å². The van der Waals surface area contributed by atoms with Crippen LogP contribution in [0.1, 0.15) is 5.56 Å². The molecule has 0 aliphatic heterocycles. The summed E-state index contributed by atoms with van der Waals surface area (Å²) in [7, 11) is -6.40. The molecule has 0 bridgehead atoms.